The highest BCUT2D eigenvalue weighted by Gasteiger charge is 2.06. The van der Waals surface area contributed by atoms with Gasteiger partial charge in [-0.1, -0.05) is 6.07 Å². The fraction of sp³-hybridized carbons (Fsp3) is 0.400. The Morgan fingerprint density at radius 3 is 1.77 bits per heavy atom. The maximum atomic E-state index is 12.3. The molecule has 0 saturated carbocycles. The number of benzene rings is 1. The van der Waals surface area contributed by atoms with Gasteiger partial charge in [0.1, 0.15) is 20.0 Å². The third-order valence-corrected chi connectivity index (χ3v) is 2.09. The lowest BCUT2D eigenvalue weighted by molar-refractivity contribution is 0.450. The first-order valence-corrected chi connectivity index (χ1v) is 4.02. The van der Waals surface area contributed by atoms with Gasteiger partial charge in [-0.15, -0.1) is 0 Å². The smallest absolute Gasteiger partial charge is 0.115 e. The number of rotatable bonds is 3. The largest absolute Gasteiger partial charge is 0.246 e. The van der Waals surface area contributed by atoms with Crippen molar-refractivity contribution in [3.63, 3.8) is 0 Å². The van der Waals surface area contributed by atoms with E-state index in [0.717, 1.165) is 0 Å². The van der Waals surface area contributed by atoms with Crippen molar-refractivity contribution in [1.29, 1.82) is 0 Å². The summed E-state index contributed by atoms with van der Waals surface area (Å²) >= 11 is 0. The molecule has 13 heavy (non-hydrogen) atoms. The molecule has 0 aliphatic carbocycles. The quantitative estimate of drug-likeness (QED) is 0.681. The number of alkyl halides is 3. The lowest BCUT2D eigenvalue weighted by Crippen LogP contribution is -1.95. The molecule has 1 aromatic rings. The van der Waals surface area contributed by atoms with Crippen molar-refractivity contribution in [3.8, 4) is 0 Å². The Kier molecular flexibility index (Phi) is 3.34. The zero-order valence-corrected chi connectivity index (χ0v) is 7.41. The molecule has 0 heterocycles. The van der Waals surface area contributed by atoms with E-state index in [1.165, 1.54) is 12.1 Å². The van der Waals surface area contributed by atoms with Gasteiger partial charge in [-0.25, -0.2) is 13.2 Å². The first-order chi connectivity index (χ1) is 6.22. The fourth-order valence-corrected chi connectivity index (χ4v) is 1.26. The van der Waals surface area contributed by atoms with E-state index in [2.05, 4.69) is 0 Å². The van der Waals surface area contributed by atoms with Crippen molar-refractivity contribution < 1.29 is 13.2 Å². The van der Waals surface area contributed by atoms with Gasteiger partial charge in [0, 0.05) is 0 Å². The van der Waals surface area contributed by atoms with Gasteiger partial charge in [0.15, 0.2) is 0 Å². The van der Waals surface area contributed by atoms with Crippen LogP contribution in [-0.2, 0) is 20.0 Å². The molecule has 3 heteroatoms. The van der Waals surface area contributed by atoms with E-state index in [1.54, 1.807) is 6.92 Å². The molecule has 0 radical (unpaired) electrons. The summed E-state index contributed by atoms with van der Waals surface area (Å²) in [5, 5.41) is 0. The van der Waals surface area contributed by atoms with Crippen molar-refractivity contribution in [3.05, 3.63) is 34.4 Å². The topological polar surface area (TPSA) is 0 Å². The van der Waals surface area contributed by atoms with E-state index in [4.69, 9.17) is 0 Å². The molecule has 0 atom stereocenters. The van der Waals surface area contributed by atoms with Crippen molar-refractivity contribution in [1.82, 2.24) is 0 Å². The first-order valence-electron chi connectivity index (χ1n) is 4.02. The minimum atomic E-state index is -0.744. The van der Waals surface area contributed by atoms with Crippen molar-refractivity contribution in [2.45, 2.75) is 26.9 Å². The molecule has 0 N–H and O–H groups in total. The molecule has 0 fully saturated rings. The molecule has 0 aliphatic heterocycles. The first kappa shape index (κ1) is 10.1. The summed E-state index contributed by atoms with van der Waals surface area (Å²) < 4.78 is 37.0. The van der Waals surface area contributed by atoms with Crippen LogP contribution in [0.1, 0.15) is 22.3 Å². The van der Waals surface area contributed by atoms with E-state index < -0.39 is 20.0 Å². The molecule has 0 unspecified atom stereocenters. The Morgan fingerprint density at radius 2 is 1.31 bits per heavy atom. The minimum Gasteiger partial charge on any atom is -0.246 e. The van der Waals surface area contributed by atoms with Crippen LogP contribution in [0.25, 0.3) is 0 Å². The Labute approximate surface area is 75.4 Å². The molecule has 0 saturated heterocycles. The molecule has 0 bridgehead atoms. The second-order valence-electron chi connectivity index (χ2n) is 2.95. The van der Waals surface area contributed by atoms with E-state index in [-0.39, 0.29) is 5.56 Å². The summed E-state index contributed by atoms with van der Waals surface area (Å²) in [6, 6.07) is 2.90. The second-order valence-corrected chi connectivity index (χ2v) is 2.95. The van der Waals surface area contributed by atoms with Crippen LogP contribution in [-0.4, -0.2) is 0 Å². The average molecular weight is 188 g/mol. The molecule has 0 nitrogen and oxygen atoms in total. The SMILES string of the molecule is Cc1cc(CF)c(CF)cc1CF. The van der Waals surface area contributed by atoms with Crippen LogP contribution in [0.5, 0.6) is 0 Å². The Bertz CT molecular complexity index is 294. The number of hydrogen-bond donors (Lipinski definition) is 0. The van der Waals surface area contributed by atoms with Crippen LogP contribution >= 0.6 is 0 Å². The predicted octanol–water partition coefficient (Wildman–Crippen LogP) is 3.40. The lowest BCUT2D eigenvalue weighted by Gasteiger charge is -2.07. The van der Waals surface area contributed by atoms with Gasteiger partial charge in [0.2, 0.25) is 0 Å². The van der Waals surface area contributed by atoms with Gasteiger partial charge in [-0.2, -0.15) is 0 Å². The van der Waals surface area contributed by atoms with Gasteiger partial charge in [-0.05, 0) is 35.2 Å². The van der Waals surface area contributed by atoms with Crippen molar-refractivity contribution in [2.75, 3.05) is 0 Å². The molecule has 1 aromatic carbocycles. The van der Waals surface area contributed by atoms with Gasteiger partial charge in [0.25, 0.3) is 0 Å². The minimum absolute atomic E-state index is 0.251. The van der Waals surface area contributed by atoms with E-state index in [9.17, 15) is 13.2 Å². The van der Waals surface area contributed by atoms with Gasteiger partial charge in [-0.3, -0.25) is 0 Å². The molecular formula is C10H11F3. The highest BCUT2D eigenvalue weighted by Crippen LogP contribution is 2.19. The van der Waals surface area contributed by atoms with Crippen LogP contribution in [0.4, 0.5) is 13.2 Å². The zero-order valence-electron chi connectivity index (χ0n) is 7.41. The summed E-state index contributed by atoms with van der Waals surface area (Å²) in [5.41, 5.74) is 1.68. The third kappa shape index (κ3) is 2.02. The molecule has 1 rings (SSSR count). The summed E-state index contributed by atoms with van der Waals surface area (Å²) in [6.07, 6.45) is 0. The normalized spacial score (nSPS) is 10.5. The van der Waals surface area contributed by atoms with Crippen molar-refractivity contribution >= 4 is 0 Å². The lowest BCUT2D eigenvalue weighted by atomic mass is 10.0. The predicted molar refractivity (Wildman–Crippen MR) is 45.6 cm³/mol. The molecule has 0 aromatic heterocycles. The Morgan fingerprint density at radius 1 is 0.846 bits per heavy atom. The Hall–Kier alpha value is -0.990. The monoisotopic (exact) mass is 188 g/mol. The molecule has 72 valence electrons. The average Bonchev–Trinajstić information content (AvgIpc) is 2.17. The van der Waals surface area contributed by atoms with Crippen LogP contribution in [0.15, 0.2) is 12.1 Å². The fourth-order valence-electron chi connectivity index (χ4n) is 1.26. The molecule has 0 spiro atoms. The number of aryl methyl sites for hydroxylation is 1. The van der Waals surface area contributed by atoms with Gasteiger partial charge < -0.3 is 0 Å². The summed E-state index contributed by atoms with van der Waals surface area (Å²) in [4.78, 5) is 0. The highest BCUT2D eigenvalue weighted by molar-refractivity contribution is 5.37. The second kappa shape index (κ2) is 4.30. The van der Waals surface area contributed by atoms with Crippen LogP contribution in [0.3, 0.4) is 0 Å². The van der Waals surface area contributed by atoms with Gasteiger partial charge in [0.05, 0.1) is 0 Å². The van der Waals surface area contributed by atoms with Crippen LogP contribution in [0, 0.1) is 6.92 Å². The van der Waals surface area contributed by atoms with Crippen LogP contribution in [0.2, 0.25) is 0 Å². The van der Waals surface area contributed by atoms with Crippen LogP contribution < -0.4 is 0 Å². The number of halogens is 3. The Balaban J connectivity index is 3.18. The molecule has 0 aliphatic rings. The van der Waals surface area contributed by atoms with E-state index >= 15 is 0 Å². The standard InChI is InChI=1S/C10H11F3/c1-7-2-9(5-12)10(6-13)3-8(7)4-11/h2-3H,4-6H2,1H3. The third-order valence-electron chi connectivity index (χ3n) is 2.09. The zero-order chi connectivity index (χ0) is 9.84. The molecule has 0 amide bonds. The summed E-state index contributed by atoms with van der Waals surface area (Å²) in [5.74, 6) is 0. The molecular weight excluding hydrogens is 177 g/mol. The maximum Gasteiger partial charge on any atom is 0.115 e. The van der Waals surface area contributed by atoms with E-state index in [1.807, 2.05) is 0 Å². The highest BCUT2D eigenvalue weighted by atomic mass is 19.1. The maximum absolute atomic E-state index is 12.3. The summed E-state index contributed by atoms with van der Waals surface area (Å²) in [6.45, 7) is -0.388. The van der Waals surface area contributed by atoms with E-state index in [0.29, 0.717) is 16.7 Å². The van der Waals surface area contributed by atoms with Crippen molar-refractivity contribution in [2.24, 2.45) is 0 Å². The summed E-state index contributed by atoms with van der Waals surface area (Å²) in [7, 11) is 0. The van der Waals surface area contributed by atoms with Gasteiger partial charge >= 0.3 is 0 Å². The number of hydrogen-bond acceptors (Lipinski definition) is 0.